The van der Waals surface area contributed by atoms with Crippen LogP contribution in [0.2, 0.25) is 0 Å². The number of Topliss-reactive ketones (excluding diaryl/α,β-unsaturated/α-hetero) is 1. The number of ether oxygens (including phenoxy) is 1. The lowest BCUT2D eigenvalue weighted by Gasteiger charge is -2.36. The van der Waals surface area contributed by atoms with Gasteiger partial charge in [0.2, 0.25) is 5.78 Å². The highest BCUT2D eigenvalue weighted by atomic mass is 16.5. The van der Waals surface area contributed by atoms with E-state index in [1.807, 2.05) is 40.8 Å². The predicted octanol–water partition coefficient (Wildman–Crippen LogP) is 4.95. The fraction of sp³-hybridized carbons (Fsp3) is 0.609. The van der Waals surface area contributed by atoms with Crippen LogP contribution in [-0.4, -0.2) is 21.3 Å². The molecule has 0 saturated carbocycles. The summed E-state index contributed by atoms with van der Waals surface area (Å²) < 4.78 is 7.92. The van der Waals surface area contributed by atoms with Crippen molar-refractivity contribution < 1.29 is 14.3 Å². The lowest BCUT2D eigenvalue weighted by Crippen LogP contribution is -2.36. The summed E-state index contributed by atoms with van der Waals surface area (Å²) in [5, 5.41) is 4.57. The Hall–Kier alpha value is -2.17. The van der Waals surface area contributed by atoms with E-state index < -0.39 is 5.60 Å². The highest BCUT2D eigenvalue weighted by Gasteiger charge is 2.46. The maximum absolute atomic E-state index is 13.4. The zero-order valence-corrected chi connectivity index (χ0v) is 18.0. The summed E-state index contributed by atoms with van der Waals surface area (Å²) in [7, 11) is 0. The minimum Gasteiger partial charge on any atom is -0.478 e. The second kappa shape index (κ2) is 7.34. The highest BCUT2D eigenvalue weighted by Crippen LogP contribution is 2.46. The number of fused-ring (bicyclic) bond motifs is 2. The molecule has 2 aliphatic rings. The zero-order valence-electron chi connectivity index (χ0n) is 18.0. The molecule has 152 valence electrons. The summed E-state index contributed by atoms with van der Waals surface area (Å²) in [4.78, 5) is 26.4. The molecule has 5 nitrogen and oxygen atoms in total. The fourth-order valence-corrected chi connectivity index (χ4v) is 4.09. The molecular formula is C23H32N2O3. The molecule has 0 N–H and O–H groups in total. The molecule has 0 radical (unpaired) electrons. The molecule has 0 amide bonds. The van der Waals surface area contributed by atoms with Gasteiger partial charge in [-0.3, -0.25) is 14.3 Å². The van der Waals surface area contributed by atoms with Crippen molar-refractivity contribution in [3.05, 3.63) is 34.9 Å². The molecular weight excluding hydrogens is 352 g/mol. The predicted molar refractivity (Wildman–Crippen MR) is 110 cm³/mol. The van der Waals surface area contributed by atoms with E-state index >= 15 is 0 Å². The van der Waals surface area contributed by atoms with Gasteiger partial charge in [0.15, 0.2) is 11.5 Å². The summed E-state index contributed by atoms with van der Waals surface area (Å²) in [5.41, 5.74) is 1.24. The normalized spacial score (nSPS) is 18.6. The van der Waals surface area contributed by atoms with Crippen molar-refractivity contribution in [3.8, 4) is 0 Å². The Morgan fingerprint density at radius 2 is 1.86 bits per heavy atom. The van der Waals surface area contributed by atoms with Gasteiger partial charge >= 0.3 is 0 Å². The van der Waals surface area contributed by atoms with E-state index in [-0.39, 0.29) is 22.7 Å². The maximum atomic E-state index is 13.4. The second-order valence-corrected chi connectivity index (χ2v) is 9.01. The number of unbranched alkanes of at least 4 members (excludes halogenated alkanes) is 3. The molecule has 0 unspecified atom stereocenters. The van der Waals surface area contributed by atoms with Crippen LogP contribution in [0, 0.1) is 5.41 Å². The monoisotopic (exact) mass is 384 g/mol. The summed E-state index contributed by atoms with van der Waals surface area (Å²) >= 11 is 0. The number of rotatable bonds is 7. The molecule has 1 aliphatic carbocycles. The van der Waals surface area contributed by atoms with Gasteiger partial charge in [-0.05, 0) is 38.7 Å². The first-order valence-electron chi connectivity index (χ1n) is 10.4. The summed E-state index contributed by atoms with van der Waals surface area (Å²) in [6, 6.07) is 0. The minimum absolute atomic E-state index is 0.167. The van der Waals surface area contributed by atoms with E-state index in [0.29, 0.717) is 23.4 Å². The van der Waals surface area contributed by atoms with Crippen molar-refractivity contribution in [1.29, 1.82) is 0 Å². The SMILES string of the molecule is CCCCCCC(C)(C)C1=CC(=O)C2=C(OC(C)(C)c3cn(CC)nc32)C1=O. The van der Waals surface area contributed by atoms with Gasteiger partial charge < -0.3 is 4.74 Å². The number of nitrogens with zero attached hydrogens (tertiary/aromatic N) is 2. The molecule has 3 rings (SSSR count). The van der Waals surface area contributed by atoms with Gasteiger partial charge in [0.05, 0.1) is 5.57 Å². The number of aromatic nitrogens is 2. The van der Waals surface area contributed by atoms with Crippen molar-refractivity contribution >= 4 is 17.1 Å². The Kier molecular flexibility index (Phi) is 5.39. The van der Waals surface area contributed by atoms with Crippen LogP contribution in [0.3, 0.4) is 0 Å². The number of hydrogen-bond acceptors (Lipinski definition) is 4. The van der Waals surface area contributed by atoms with Crippen LogP contribution in [0.25, 0.3) is 5.57 Å². The summed E-state index contributed by atoms with van der Waals surface area (Å²) in [5.74, 6) is -0.174. The quantitative estimate of drug-likeness (QED) is 0.493. The van der Waals surface area contributed by atoms with Gasteiger partial charge in [0.1, 0.15) is 11.3 Å². The number of hydrogen-bond donors (Lipinski definition) is 0. The van der Waals surface area contributed by atoms with Crippen LogP contribution in [-0.2, 0) is 26.5 Å². The molecule has 1 aliphatic heterocycles. The number of aryl methyl sites for hydroxylation is 1. The molecule has 1 aromatic heterocycles. The van der Waals surface area contributed by atoms with E-state index in [4.69, 9.17) is 4.74 Å². The highest BCUT2D eigenvalue weighted by molar-refractivity contribution is 6.37. The minimum atomic E-state index is -0.703. The van der Waals surface area contributed by atoms with Crippen LogP contribution >= 0.6 is 0 Å². The molecule has 0 atom stereocenters. The van der Waals surface area contributed by atoms with Crippen LogP contribution in [0.5, 0.6) is 0 Å². The topological polar surface area (TPSA) is 61.2 Å². The van der Waals surface area contributed by atoms with Gasteiger partial charge in [0, 0.05) is 23.9 Å². The zero-order chi connectivity index (χ0) is 20.7. The first-order valence-corrected chi connectivity index (χ1v) is 10.4. The van der Waals surface area contributed by atoms with Gasteiger partial charge in [-0.25, -0.2) is 0 Å². The number of allylic oxidation sites excluding steroid dienone is 3. The van der Waals surface area contributed by atoms with E-state index in [1.165, 1.54) is 18.9 Å². The van der Waals surface area contributed by atoms with Crippen molar-refractivity contribution in [3.63, 3.8) is 0 Å². The van der Waals surface area contributed by atoms with Crippen molar-refractivity contribution in [2.45, 2.75) is 85.8 Å². The molecule has 0 bridgehead atoms. The first-order chi connectivity index (χ1) is 13.1. The Balaban J connectivity index is 1.97. The van der Waals surface area contributed by atoms with Crippen molar-refractivity contribution in [2.75, 3.05) is 0 Å². The first kappa shape index (κ1) is 20.6. The number of carbonyl (C=O) groups excluding carboxylic acids is 2. The standard InChI is InChI=1S/C23H32N2O3/c1-7-9-10-11-12-22(3,4)15-13-17(26)18-19-16(14-25(8-2)24-19)23(5,6)28-21(18)20(15)27/h13-14H,7-12H2,1-6H3. The third-order valence-electron chi connectivity index (χ3n) is 5.91. The van der Waals surface area contributed by atoms with Crippen molar-refractivity contribution in [2.24, 2.45) is 5.41 Å². The summed E-state index contributed by atoms with van der Waals surface area (Å²) in [6.45, 7) is 12.8. The third-order valence-corrected chi connectivity index (χ3v) is 5.91. The number of carbonyl (C=O) groups is 2. The van der Waals surface area contributed by atoms with Gasteiger partial charge in [0.25, 0.3) is 0 Å². The molecule has 5 heteroatoms. The Labute approximate surface area is 167 Å². The van der Waals surface area contributed by atoms with Crippen LogP contribution in [0.15, 0.2) is 23.6 Å². The molecule has 1 aromatic rings. The lowest BCUT2D eigenvalue weighted by atomic mass is 9.73. The number of ketones is 2. The van der Waals surface area contributed by atoms with Crippen molar-refractivity contribution in [1.82, 2.24) is 9.78 Å². The van der Waals surface area contributed by atoms with Gasteiger partial charge in [-0.15, -0.1) is 0 Å². The largest absolute Gasteiger partial charge is 0.478 e. The van der Waals surface area contributed by atoms with Crippen LogP contribution < -0.4 is 0 Å². The molecule has 0 aromatic carbocycles. The Morgan fingerprint density at radius 1 is 1.14 bits per heavy atom. The lowest BCUT2D eigenvalue weighted by molar-refractivity contribution is -0.121. The molecule has 0 saturated heterocycles. The maximum Gasteiger partial charge on any atom is 0.225 e. The van der Waals surface area contributed by atoms with Crippen LogP contribution in [0.4, 0.5) is 0 Å². The smallest absolute Gasteiger partial charge is 0.225 e. The van der Waals surface area contributed by atoms with Gasteiger partial charge in [-0.1, -0.05) is 46.5 Å². The third kappa shape index (κ3) is 3.47. The fourth-order valence-electron chi connectivity index (χ4n) is 4.09. The average Bonchev–Trinajstić information content (AvgIpc) is 3.07. The Bertz CT molecular complexity index is 868. The van der Waals surface area contributed by atoms with E-state index in [1.54, 1.807) is 4.68 Å². The molecule has 28 heavy (non-hydrogen) atoms. The van der Waals surface area contributed by atoms with Crippen LogP contribution in [0.1, 0.15) is 84.9 Å². The summed E-state index contributed by atoms with van der Waals surface area (Å²) in [6.07, 6.45) is 8.86. The molecule has 0 spiro atoms. The van der Waals surface area contributed by atoms with E-state index in [9.17, 15) is 9.59 Å². The average molecular weight is 385 g/mol. The van der Waals surface area contributed by atoms with Gasteiger partial charge in [-0.2, -0.15) is 5.10 Å². The van der Waals surface area contributed by atoms with E-state index in [0.717, 1.165) is 24.8 Å². The molecule has 0 fully saturated rings. The van der Waals surface area contributed by atoms with E-state index in [2.05, 4.69) is 12.0 Å². The Morgan fingerprint density at radius 3 is 2.50 bits per heavy atom. The molecule has 2 heterocycles. The second-order valence-electron chi connectivity index (χ2n) is 9.01.